The van der Waals surface area contributed by atoms with Crippen molar-refractivity contribution in [2.45, 2.75) is 0 Å². The molecule has 0 saturated heterocycles. The Kier molecular flexibility index (Phi) is 3.63. The summed E-state index contributed by atoms with van der Waals surface area (Å²) in [6.07, 6.45) is 0. The van der Waals surface area contributed by atoms with Crippen molar-refractivity contribution in [1.82, 2.24) is 0 Å². The molecule has 0 unspecified atom stereocenters. The van der Waals surface area contributed by atoms with E-state index in [-0.39, 0.29) is 5.82 Å². The zero-order valence-electron chi connectivity index (χ0n) is 12.5. The summed E-state index contributed by atoms with van der Waals surface area (Å²) in [5.74, 6) is -0.281. The van der Waals surface area contributed by atoms with Crippen molar-refractivity contribution in [3.63, 3.8) is 0 Å². The second-order valence-corrected chi connectivity index (χ2v) is 5.80. The molecule has 0 amide bonds. The van der Waals surface area contributed by atoms with Crippen molar-refractivity contribution < 1.29 is 8.81 Å². The molecule has 0 radical (unpaired) electrons. The van der Waals surface area contributed by atoms with Crippen LogP contribution >= 0.6 is 12.2 Å². The Morgan fingerprint density at radius 2 is 1.46 bits per heavy atom. The lowest BCUT2D eigenvalue weighted by Gasteiger charge is -2.10. The number of anilines is 2. The van der Waals surface area contributed by atoms with Gasteiger partial charge in [0.25, 0.3) is 0 Å². The maximum atomic E-state index is 12.9. The Morgan fingerprint density at radius 3 is 2.29 bits per heavy atom. The summed E-state index contributed by atoms with van der Waals surface area (Å²) in [7, 11) is 0. The first-order valence-corrected chi connectivity index (χ1v) is 7.85. The SMILES string of the molecule is Fc1ccc(NC(=S)Nc2ccc3oc4ccccc4c3c2)cc1. The van der Waals surface area contributed by atoms with Crippen LogP contribution in [-0.2, 0) is 0 Å². The molecule has 0 atom stereocenters. The molecule has 0 aliphatic rings. The molecule has 3 aromatic carbocycles. The monoisotopic (exact) mass is 336 g/mol. The molecule has 0 saturated carbocycles. The first-order valence-electron chi connectivity index (χ1n) is 7.44. The third-order valence-corrected chi connectivity index (χ3v) is 3.94. The topological polar surface area (TPSA) is 37.2 Å². The van der Waals surface area contributed by atoms with Crippen LogP contribution in [0.25, 0.3) is 21.9 Å². The normalized spacial score (nSPS) is 10.9. The van der Waals surface area contributed by atoms with E-state index in [1.165, 1.54) is 12.1 Å². The van der Waals surface area contributed by atoms with Gasteiger partial charge in [-0.25, -0.2) is 4.39 Å². The van der Waals surface area contributed by atoms with Crippen LogP contribution < -0.4 is 10.6 Å². The molecule has 0 fully saturated rings. The average molecular weight is 336 g/mol. The molecule has 4 aromatic rings. The molecular weight excluding hydrogens is 323 g/mol. The Labute approximate surface area is 143 Å². The van der Waals surface area contributed by atoms with Crippen LogP contribution in [-0.4, -0.2) is 5.11 Å². The van der Waals surface area contributed by atoms with E-state index in [4.69, 9.17) is 16.6 Å². The highest BCUT2D eigenvalue weighted by Gasteiger charge is 2.07. The third-order valence-electron chi connectivity index (χ3n) is 3.74. The van der Waals surface area contributed by atoms with Gasteiger partial charge < -0.3 is 15.1 Å². The highest BCUT2D eigenvalue weighted by atomic mass is 32.1. The maximum Gasteiger partial charge on any atom is 0.175 e. The zero-order chi connectivity index (χ0) is 16.5. The molecule has 5 heteroatoms. The number of halogens is 1. The van der Waals surface area contributed by atoms with Crippen LogP contribution in [0.15, 0.2) is 71.1 Å². The van der Waals surface area contributed by atoms with Crippen molar-refractivity contribution in [3.05, 3.63) is 72.5 Å². The van der Waals surface area contributed by atoms with Crippen LogP contribution in [0.3, 0.4) is 0 Å². The molecule has 0 aliphatic heterocycles. The molecule has 1 aromatic heterocycles. The summed E-state index contributed by atoms with van der Waals surface area (Å²) in [4.78, 5) is 0. The van der Waals surface area contributed by atoms with Gasteiger partial charge >= 0.3 is 0 Å². The van der Waals surface area contributed by atoms with E-state index in [1.54, 1.807) is 12.1 Å². The predicted molar refractivity (Wildman–Crippen MR) is 100.0 cm³/mol. The quantitative estimate of drug-likeness (QED) is 0.472. The number of hydrogen-bond acceptors (Lipinski definition) is 2. The Balaban J connectivity index is 1.58. The fourth-order valence-corrected chi connectivity index (χ4v) is 2.87. The largest absolute Gasteiger partial charge is 0.456 e. The number of thiocarbonyl (C=S) groups is 1. The van der Waals surface area contributed by atoms with Crippen LogP contribution in [0.4, 0.5) is 15.8 Å². The Bertz CT molecular complexity index is 1040. The summed E-state index contributed by atoms with van der Waals surface area (Å²) in [5.41, 5.74) is 3.27. The minimum atomic E-state index is -0.281. The Morgan fingerprint density at radius 1 is 0.792 bits per heavy atom. The highest BCUT2D eigenvalue weighted by molar-refractivity contribution is 7.80. The van der Waals surface area contributed by atoms with Gasteiger partial charge in [0.15, 0.2) is 5.11 Å². The number of hydrogen-bond donors (Lipinski definition) is 2. The van der Waals surface area contributed by atoms with Crippen molar-refractivity contribution in [1.29, 1.82) is 0 Å². The molecule has 4 rings (SSSR count). The van der Waals surface area contributed by atoms with Crippen molar-refractivity contribution in [3.8, 4) is 0 Å². The van der Waals surface area contributed by atoms with Crippen molar-refractivity contribution in [2.75, 3.05) is 10.6 Å². The molecule has 1 heterocycles. The second kappa shape index (κ2) is 5.94. The van der Waals surface area contributed by atoms with Crippen LogP contribution in [0.5, 0.6) is 0 Å². The van der Waals surface area contributed by atoms with E-state index < -0.39 is 0 Å². The molecule has 0 aliphatic carbocycles. The number of rotatable bonds is 2. The molecule has 118 valence electrons. The van der Waals surface area contributed by atoms with Gasteiger partial charge in [-0.2, -0.15) is 0 Å². The third kappa shape index (κ3) is 2.81. The van der Waals surface area contributed by atoms with Crippen LogP contribution in [0, 0.1) is 5.82 Å². The number of para-hydroxylation sites is 1. The lowest BCUT2D eigenvalue weighted by molar-refractivity contribution is 0.628. The number of nitrogens with one attached hydrogen (secondary N) is 2. The first-order chi connectivity index (χ1) is 11.7. The van der Waals surface area contributed by atoms with Gasteiger partial charge in [-0.05, 0) is 60.7 Å². The van der Waals surface area contributed by atoms with Gasteiger partial charge in [0, 0.05) is 22.1 Å². The Hall–Kier alpha value is -2.92. The highest BCUT2D eigenvalue weighted by Crippen LogP contribution is 2.30. The maximum absolute atomic E-state index is 12.9. The van der Waals surface area contributed by atoms with E-state index in [1.807, 2.05) is 42.5 Å². The minimum absolute atomic E-state index is 0.281. The average Bonchev–Trinajstić information content (AvgIpc) is 2.95. The summed E-state index contributed by atoms with van der Waals surface area (Å²) >= 11 is 5.31. The fraction of sp³-hybridized carbons (Fsp3) is 0. The minimum Gasteiger partial charge on any atom is -0.456 e. The lowest BCUT2D eigenvalue weighted by Crippen LogP contribution is -2.18. The van der Waals surface area contributed by atoms with Crippen LogP contribution in [0.1, 0.15) is 0 Å². The summed E-state index contributed by atoms with van der Waals surface area (Å²) < 4.78 is 18.7. The standard InChI is InChI=1S/C19H13FN2OS/c20-12-5-7-13(8-6-12)21-19(24)22-14-9-10-18-16(11-14)15-3-1-2-4-17(15)23-18/h1-11H,(H2,21,22,24). The summed E-state index contributed by atoms with van der Waals surface area (Å²) in [6.45, 7) is 0. The van der Waals surface area contributed by atoms with E-state index in [2.05, 4.69) is 10.6 Å². The molecule has 3 nitrogen and oxygen atoms in total. The number of benzene rings is 3. The van der Waals surface area contributed by atoms with Gasteiger partial charge in [0.05, 0.1) is 0 Å². The van der Waals surface area contributed by atoms with Gasteiger partial charge in [0.1, 0.15) is 17.0 Å². The molecular formula is C19H13FN2OS. The fourth-order valence-electron chi connectivity index (χ4n) is 2.63. The van der Waals surface area contributed by atoms with E-state index in [0.717, 1.165) is 33.3 Å². The smallest absolute Gasteiger partial charge is 0.175 e. The zero-order valence-corrected chi connectivity index (χ0v) is 13.4. The number of furan rings is 1. The van der Waals surface area contributed by atoms with Gasteiger partial charge in [-0.3, -0.25) is 0 Å². The van der Waals surface area contributed by atoms with Crippen LogP contribution in [0.2, 0.25) is 0 Å². The van der Waals surface area contributed by atoms with Gasteiger partial charge in [-0.15, -0.1) is 0 Å². The predicted octanol–water partition coefficient (Wildman–Crippen LogP) is 5.53. The molecule has 0 spiro atoms. The first kappa shape index (κ1) is 14.7. The lowest BCUT2D eigenvalue weighted by atomic mass is 10.1. The summed E-state index contributed by atoms with van der Waals surface area (Å²) in [6, 6.07) is 19.8. The van der Waals surface area contributed by atoms with Gasteiger partial charge in [0.2, 0.25) is 0 Å². The molecule has 0 bridgehead atoms. The van der Waals surface area contributed by atoms with E-state index >= 15 is 0 Å². The molecule has 2 N–H and O–H groups in total. The van der Waals surface area contributed by atoms with Crippen molar-refractivity contribution in [2.24, 2.45) is 0 Å². The van der Waals surface area contributed by atoms with Gasteiger partial charge in [-0.1, -0.05) is 18.2 Å². The molecule has 24 heavy (non-hydrogen) atoms. The number of fused-ring (bicyclic) bond motifs is 3. The van der Waals surface area contributed by atoms with E-state index in [0.29, 0.717) is 5.11 Å². The summed E-state index contributed by atoms with van der Waals surface area (Å²) in [5, 5.41) is 8.69. The second-order valence-electron chi connectivity index (χ2n) is 5.40. The van der Waals surface area contributed by atoms with Crippen molar-refractivity contribution >= 4 is 50.6 Å². The van der Waals surface area contributed by atoms with E-state index in [9.17, 15) is 4.39 Å².